The molecule has 0 radical (unpaired) electrons. The molecule has 7 nitrogen and oxygen atoms in total. The molecule has 2 bridgehead atoms. The third kappa shape index (κ3) is 3.21. The van der Waals surface area contributed by atoms with Crippen molar-refractivity contribution < 1.29 is 14.0 Å². The quantitative estimate of drug-likeness (QED) is 0.866. The lowest BCUT2D eigenvalue weighted by atomic mass is 9.84. The van der Waals surface area contributed by atoms with Gasteiger partial charge in [-0.3, -0.25) is 19.5 Å². The Kier molecular flexibility index (Phi) is 4.32. The van der Waals surface area contributed by atoms with Crippen LogP contribution in [0.2, 0.25) is 0 Å². The maximum Gasteiger partial charge on any atom is 0.270 e. The zero-order valence-electron chi connectivity index (χ0n) is 15.0. The lowest BCUT2D eigenvalue weighted by Crippen LogP contribution is -2.57. The number of fused-ring (bicyclic) bond motifs is 4. The van der Waals surface area contributed by atoms with Gasteiger partial charge in [0.1, 0.15) is 11.3 Å². The highest BCUT2D eigenvalue weighted by molar-refractivity contribution is 8.00. The molecule has 4 fully saturated rings. The average molecular weight is 386 g/mol. The minimum absolute atomic E-state index is 0.0542. The Balaban J connectivity index is 1.34. The number of nitrogens with one attached hydrogen (secondary N) is 1. The number of furan rings is 1. The Morgan fingerprint density at radius 3 is 2.85 bits per heavy atom. The van der Waals surface area contributed by atoms with Crippen molar-refractivity contribution in [3.63, 3.8) is 0 Å². The van der Waals surface area contributed by atoms with Crippen LogP contribution in [-0.2, 0) is 4.79 Å². The van der Waals surface area contributed by atoms with E-state index in [9.17, 15) is 9.59 Å². The molecule has 1 atom stereocenters. The summed E-state index contributed by atoms with van der Waals surface area (Å²) in [7, 11) is 0. The van der Waals surface area contributed by atoms with Gasteiger partial charge in [-0.1, -0.05) is 0 Å². The van der Waals surface area contributed by atoms with Gasteiger partial charge >= 0.3 is 0 Å². The summed E-state index contributed by atoms with van der Waals surface area (Å²) < 4.78 is 5.88. The molecule has 2 aromatic heterocycles. The first kappa shape index (κ1) is 17.1. The van der Waals surface area contributed by atoms with Crippen LogP contribution in [-0.4, -0.2) is 65.4 Å². The molecule has 0 unspecified atom stereocenters. The number of aromatic nitrogens is 1. The van der Waals surface area contributed by atoms with Gasteiger partial charge in [0.05, 0.1) is 5.75 Å². The molecule has 27 heavy (non-hydrogen) atoms. The summed E-state index contributed by atoms with van der Waals surface area (Å²) in [6.07, 6.45) is 3.96. The first-order valence-electron chi connectivity index (χ1n) is 9.48. The van der Waals surface area contributed by atoms with E-state index in [1.165, 1.54) is 0 Å². The van der Waals surface area contributed by atoms with Gasteiger partial charge in [-0.05, 0) is 31.8 Å². The highest BCUT2D eigenvalue weighted by Crippen LogP contribution is 2.29. The lowest BCUT2D eigenvalue weighted by molar-refractivity contribution is -0.116. The largest absolute Gasteiger partial charge is 0.440 e. The topological polar surface area (TPSA) is 78.7 Å². The molecule has 0 aliphatic carbocycles. The number of pyridine rings is 1. The van der Waals surface area contributed by atoms with Crippen LogP contribution in [0.3, 0.4) is 0 Å². The van der Waals surface area contributed by atoms with E-state index in [1.807, 2.05) is 6.07 Å². The minimum Gasteiger partial charge on any atom is -0.440 e. The summed E-state index contributed by atoms with van der Waals surface area (Å²) in [4.78, 5) is 33.2. The van der Waals surface area contributed by atoms with E-state index < -0.39 is 0 Å². The Hall–Kier alpha value is -2.06. The van der Waals surface area contributed by atoms with Crippen LogP contribution in [0.1, 0.15) is 23.3 Å². The SMILES string of the molecule is O=C(N[C@H]1CN2CCC1CC2)c1cc2oc(N3CCSCC3=O)cc2cn1. The van der Waals surface area contributed by atoms with Crippen LogP contribution in [0, 0.1) is 5.92 Å². The van der Waals surface area contributed by atoms with Crippen LogP contribution in [0.5, 0.6) is 0 Å². The van der Waals surface area contributed by atoms with Crippen molar-refractivity contribution in [2.75, 3.05) is 42.6 Å². The number of carbonyl (C=O) groups is 2. The predicted molar refractivity (Wildman–Crippen MR) is 104 cm³/mol. The second-order valence-corrected chi connectivity index (χ2v) is 8.61. The maximum atomic E-state index is 12.7. The Morgan fingerprint density at radius 2 is 2.11 bits per heavy atom. The molecule has 0 spiro atoms. The summed E-state index contributed by atoms with van der Waals surface area (Å²) in [6, 6.07) is 3.71. The van der Waals surface area contributed by atoms with Gasteiger partial charge < -0.3 is 14.6 Å². The van der Waals surface area contributed by atoms with Gasteiger partial charge in [-0.15, -0.1) is 0 Å². The minimum atomic E-state index is -0.154. The highest BCUT2D eigenvalue weighted by atomic mass is 32.2. The lowest BCUT2D eigenvalue weighted by Gasteiger charge is -2.44. The smallest absolute Gasteiger partial charge is 0.270 e. The van der Waals surface area contributed by atoms with Gasteiger partial charge in [0.25, 0.3) is 5.91 Å². The Labute approximate surface area is 161 Å². The second-order valence-electron chi connectivity index (χ2n) is 7.51. The van der Waals surface area contributed by atoms with Gasteiger partial charge in [-0.25, -0.2) is 0 Å². The number of nitrogens with zero attached hydrogens (tertiary/aromatic N) is 3. The highest BCUT2D eigenvalue weighted by Gasteiger charge is 2.35. The average Bonchev–Trinajstić information content (AvgIpc) is 3.12. The van der Waals surface area contributed by atoms with Crippen LogP contribution in [0.25, 0.3) is 11.0 Å². The number of carbonyl (C=O) groups excluding carboxylic acids is 2. The van der Waals surface area contributed by atoms with Crippen molar-refractivity contribution in [1.29, 1.82) is 0 Å². The summed E-state index contributed by atoms with van der Waals surface area (Å²) >= 11 is 1.63. The molecule has 0 saturated carbocycles. The van der Waals surface area contributed by atoms with Crippen LogP contribution < -0.4 is 10.2 Å². The first-order chi connectivity index (χ1) is 13.2. The number of hydrogen-bond donors (Lipinski definition) is 1. The molecule has 0 aromatic carbocycles. The molecular formula is C19H22N4O3S. The Morgan fingerprint density at radius 1 is 1.26 bits per heavy atom. The number of amides is 2. The molecule has 142 valence electrons. The molecule has 4 aliphatic rings. The predicted octanol–water partition coefficient (Wildman–Crippen LogP) is 1.73. The number of rotatable bonds is 3. The van der Waals surface area contributed by atoms with E-state index in [1.54, 1.807) is 28.9 Å². The Bertz CT molecular complexity index is 890. The van der Waals surface area contributed by atoms with Crippen molar-refractivity contribution in [2.45, 2.75) is 18.9 Å². The fourth-order valence-electron chi connectivity index (χ4n) is 4.30. The fraction of sp³-hybridized carbons (Fsp3) is 0.526. The van der Waals surface area contributed by atoms with E-state index in [0.29, 0.717) is 35.4 Å². The molecule has 2 aromatic rings. The van der Waals surface area contributed by atoms with E-state index >= 15 is 0 Å². The molecular weight excluding hydrogens is 364 g/mol. The third-order valence-corrected chi connectivity index (χ3v) is 6.77. The van der Waals surface area contributed by atoms with Gasteiger partial charge in [0.2, 0.25) is 11.8 Å². The van der Waals surface area contributed by atoms with Crippen molar-refractivity contribution in [3.05, 3.63) is 24.0 Å². The third-order valence-electron chi connectivity index (χ3n) is 5.85. The normalized spacial score (nSPS) is 27.9. The summed E-state index contributed by atoms with van der Waals surface area (Å²) in [6.45, 7) is 3.86. The van der Waals surface area contributed by atoms with Crippen molar-refractivity contribution >= 4 is 40.4 Å². The number of piperidine rings is 3. The molecule has 6 heterocycles. The van der Waals surface area contributed by atoms with E-state index in [0.717, 1.165) is 43.6 Å². The first-order valence-corrected chi connectivity index (χ1v) is 10.6. The number of thioether (sulfide) groups is 1. The van der Waals surface area contributed by atoms with Crippen LogP contribution >= 0.6 is 11.8 Å². The van der Waals surface area contributed by atoms with Crippen LogP contribution in [0.15, 0.2) is 22.7 Å². The molecule has 8 heteroatoms. The van der Waals surface area contributed by atoms with Gasteiger partial charge in [-0.2, -0.15) is 11.8 Å². The molecule has 2 amide bonds. The zero-order chi connectivity index (χ0) is 18.4. The summed E-state index contributed by atoms with van der Waals surface area (Å²) in [5.41, 5.74) is 0.950. The van der Waals surface area contributed by atoms with Gasteiger partial charge in [0, 0.05) is 48.6 Å². The molecule has 4 aliphatic heterocycles. The molecule has 6 rings (SSSR count). The summed E-state index contributed by atoms with van der Waals surface area (Å²) in [5.74, 6) is 2.38. The van der Waals surface area contributed by atoms with Crippen molar-refractivity contribution in [1.82, 2.24) is 15.2 Å². The van der Waals surface area contributed by atoms with Gasteiger partial charge in [0.15, 0.2) is 0 Å². The molecule has 4 saturated heterocycles. The molecule has 1 N–H and O–H groups in total. The van der Waals surface area contributed by atoms with Crippen molar-refractivity contribution in [2.24, 2.45) is 5.92 Å². The number of hydrogen-bond acceptors (Lipinski definition) is 6. The fourth-order valence-corrected chi connectivity index (χ4v) is 5.09. The van der Waals surface area contributed by atoms with Crippen LogP contribution in [0.4, 0.5) is 5.88 Å². The van der Waals surface area contributed by atoms with E-state index in [2.05, 4.69) is 15.2 Å². The zero-order valence-corrected chi connectivity index (χ0v) is 15.8. The standard InChI is InChI=1S/C19H22N4O3S/c24-17-11-27-6-5-23(17)18-7-13-9-20-14(8-16(13)26-18)19(25)21-15-10-22-3-1-12(15)2-4-22/h7-9,12,15H,1-6,10-11H2,(H,21,25)/t15-/m0/s1. The van der Waals surface area contributed by atoms with Crippen molar-refractivity contribution in [3.8, 4) is 0 Å². The van der Waals surface area contributed by atoms with E-state index in [-0.39, 0.29) is 17.9 Å². The monoisotopic (exact) mass is 386 g/mol. The second kappa shape index (κ2) is 6.83. The number of anilines is 1. The van der Waals surface area contributed by atoms with E-state index in [4.69, 9.17) is 4.42 Å². The maximum absolute atomic E-state index is 12.7. The summed E-state index contributed by atoms with van der Waals surface area (Å²) in [5, 5.41) is 3.96.